The van der Waals surface area contributed by atoms with Gasteiger partial charge in [0.25, 0.3) is 0 Å². The van der Waals surface area contributed by atoms with Gasteiger partial charge in [0.15, 0.2) is 0 Å². The van der Waals surface area contributed by atoms with Gasteiger partial charge >= 0.3 is 0 Å². The molecule has 2 rings (SSSR count). The molecule has 1 heterocycles. The number of benzene rings is 1. The maximum atomic E-state index is 5.29. The Morgan fingerprint density at radius 2 is 2.36 bits per heavy atom. The quantitative estimate of drug-likeness (QED) is 0.498. The first-order valence-corrected chi connectivity index (χ1v) is 4.08. The normalized spacial score (nSPS) is 10.3. The number of para-hydroxylation sites is 1. The third-order valence-electron chi connectivity index (χ3n) is 1.52. The predicted molar refractivity (Wildman–Crippen MR) is 47.4 cm³/mol. The van der Waals surface area contributed by atoms with Crippen molar-refractivity contribution in [3.8, 4) is 0 Å². The predicted octanol–water partition coefficient (Wildman–Crippen LogP) is 1.58. The Hall–Kier alpha value is -1.13. The van der Waals surface area contributed by atoms with Crippen LogP contribution in [0.4, 0.5) is 5.69 Å². The molecule has 0 aliphatic rings. The second kappa shape index (κ2) is 2.48. The molecule has 0 saturated heterocycles. The van der Waals surface area contributed by atoms with Crippen LogP contribution in [0.5, 0.6) is 0 Å². The van der Waals surface area contributed by atoms with Crippen molar-refractivity contribution in [3.05, 3.63) is 23.7 Å². The SMILES string of the molecule is NNc1cccc2scnc12. The Kier molecular flexibility index (Phi) is 1.48. The highest BCUT2D eigenvalue weighted by Gasteiger charge is 1.99. The molecule has 3 N–H and O–H groups in total. The number of hydrogen-bond acceptors (Lipinski definition) is 4. The molecule has 0 radical (unpaired) electrons. The van der Waals surface area contributed by atoms with Crippen LogP contribution in [-0.2, 0) is 0 Å². The smallest absolute Gasteiger partial charge is 0.106 e. The molecule has 56 valence electrons. The number of fused-ring (bicyclic) bond motifs is 1. The highest BCUT2D eigenvalue weighted by molar-refractivity contribution is 7.16. The van der Waals surface area contributed by atoms with E-state index in [2.05, 4.69) is 10.4 Å². The molecule has 0 aliphatic carbocycles. The lowest BCUT2D eigenvalue weighted by Crippen LogP contribution is -2.06. The Labute approximate surface area is 67.8 Å². The van der Waals surface area contributed by atoms with Gasteiger partial charge in [-0.3, -0.25) is 5.84 Å². The number of anilines is 1. The molecular formula is C7H7N3S. The van der Waals surface area contributed by atoms with Gasteiger partial charge in [-0.05, 0) is 12.1 Å². The number of nitrogens with zero attached hydrogens (tertiary/aromatic N) is 1. The topological polar surface area (TPSA) is 50.9 Å². The second-order valence-corrected chi connectivity index (χ2v) is 3.04. The summed E-state index contributed by atoms with van der Waals surface area (Å²) in [7, 11) is 0. The monoisotopic (exact) mass is 165 g/mol. The van der Waals surface area contributed by atoms with E-state index in [-0.39, 0.29) is 0 Å². The van der Waals surface area contributed by atoms with Gasteiger partial charge in [-0.25, -0.2) is 4.98 Å². The molecule has 2 aromatic rings. The fourth-order valence-electron chi connectivity index (χ4n) is 1.00. The van der Waals surface area contributed by atoms with E-state index >= 15 is 0 Å². The van der Waals surface area contributed by atoms with Gasteiger partial charge in [-0.15, -0.1) is 11.3 Å². The average Bonchev–Trinajstić information content (AvgIpc) is 2.50. The van der Waals surface area contributed by atoms with Gasteiger partial charge in [-0.1, -0.05) is 6.07 Å². The summed E-state index contributed by atoms with van der Waals surface area (Å²) in [5.74, 6) is 5.29. The van der Waals surface area contributed by atoms with Gasteiger partial charge < -0.3 is 5.43 Å². The molecule has 4 heteroatoms. The first-order chi connectivity index (χ1) is 5.42. The van der Waals surface area contributed by atoms with Crippen molar-refractivity contribution in [3.63, 3.8) is 0 Å². The lowest BCUT2D eigenvalue weighted by molar-refractivity contribution is 1.35. The molecule has 0 fully saturated rings. The lowest BCUT2D eigenvalue weighted by atomic mass is 10.3. The third kappa shape index (κ3) is 0.961. The maximum absolute atomic E-state index is 5.29. The summed E-state index contributed by atoms with van der Waals surface area (Å²) in [6, 6.07) is 5.88. The summed E-state index contributed by atoms with van der Waals surface area (Å²) in [6.07, 6.45) is 0. The highest BCUT2D eigenvalue weighted by Crippen LogP contribution is 2.23. The van der Waals surface area contributed by atoms with Crippen molar-refractivity contribution in [2.24, 2.45) is 5.84 Å². The van der Waals surface area contributed by atoms with Crippen molar-refractivity contribution in [1.29, 1.82) is 0 Å². The zero-order valence-corrected chi connectivity index (χ0v) is 6.56. The Morgan fingerprint density at radius 3 is 3.18 bits per heavy atom. The van der Waals surface area contributed by atoms with E-state index in [0.29, 0.717) is 0 Å². The van der Waals surface area contributed by atoms with Crippen LogP contribution in [0.15, 0.2) is 23.7 Å². The Bertz CT molecular complexity index is 368. The zero-order chi connectivity index (χ0) is 7.68. The summed E-state index contributed by atoms with van der Waals surface area (Å²) in [6.45, 7) is 0. The molecule has 0 spiro atoms. The minimum Gasteiger partial charge on any atom is -0.322 e. The summed E-state index contributed by atoms with van der Waals surface area (Å²) < 4.78 is 1.15. The first kappa shape index (κ1) is 6.57. The Morgan fingerprint density at radius 1 is 1.45 bits per heavy atom. The molecule has 11 heavy (non-hydrogen) atoms. The fourth-order valence-corrected chi connectivity index (χ4v) is 1.71. The van der Waals surface area contributed by atoms with Crippen molar-refractivity contribution < 1.29 is 0 Å². The van der Waals surface area contributed by atoms with Crippen LogP contribution in [0.1, 0.15) is 0 Å². The molecule has 0 amide bonds. The minimum atomic E-state index is 0.878. The molecule has 0 bridgehead atoms. The summed E-state index contributed by atoms with van der Waals surface area (Å²) >= 11 is 1.61. The van der Waals surface area contributed by atoms with Gasteiger partial charge in [0.05, 0.1) is 15.9 Å². The molecule has 1 aromatic heterocycles. The number of thiazole rings is 1. The van der Waals surface area contributed by atoms with Gasteiger partial charge in [-0.2, -0.15) is 0 Å². The molecule has 0 atom stereocenters. The van der Waals surface area contributed by atoms with Gasteiger partial charge in [0.1, 0.15) is 5.52 Å². The van der Waals surface area contributed by atoms with Crippen LogP contribution < -0.4 is 11.3 Å². The van der Waals surface area contributed by atoms with Crippen molar-refractivity contribution in [2.45, 2.75) is 0 Å². The number of nitrogen functional groups attached to an aromatic ring is 1. The summed E-state index contributed by atoms with van der Waals surface area (Å²) in [4.78, 5) is 4.17. The largest absolute Gasteiger partial charge is 0.322 e. The van der Waals surface area contributed by atoms with Gasteiger partial charge in [0.2, 0.25) is 0 Å². The minimum absolute atomic E-state index is 0.878. The molecule has 0 aliphatic heterocycles. The van der Waals surface area contributed by atoms with Crippen molar-refractivity contribution >= 4 is 27.2 Å². The van der Waals surface area contributed by atoms with Crippen molar-refractivity contribution in [2.75, 3.05) is 5.43 Å². The van der Waals surface area contributed by atoms with E-state index in [0.717, 1.165) is 15.9 Å². The van der Waals surface area contributed by atoms with Crippen LogP contribution in [0.25, 0.3) is 10.2 Å². The van der Waals surface area contributed by atoms with E-state index < -0.39 is 0 Å². The van der Waals surface area contributed by atoms with E-state index in [4.69, 9.17) is 5.84 Å². The molecule has 0 unspecified atom stereocenters. The number of hydrazine groups is 1. The van der Waals surface area contributed by atoms with Gasteiger partial charge in [0, 0.05) is 0 Å². The average molecular weight is 165 g/mol. The number of aromatic nitrogens is 1. The number of nitrogens with one attached hydrogen (secondary N) is 1. The molecule has 1 aromatic carbocycles. The number of rotatable bonds is 1. The van der Waals surface area contributed by atoms with Crippen LogP contribution in [0, 0.1) is 0 Å². The molecule has 3 nitrogen and oxygen atoms in total. The molecule has 0 saturated carbocycles. The summed E-state index contributed by atoms with van der Waals surface area (Å²) in [5.41, 5.74) is 6.23. The van der Waals surface area contributed by atoms with Crippen molar-refractivity contribution in [1.82, 2.24) is 4.98 Å². The number of nitrogens with two attached hydrogens (primary N) is 1. The number of hydrogen-bond donors (Lipinski definition) is 2. The van der Waals surface area contributed by atoms with E-state index in [1.165, 1.54) is 0 Å². The van der Waals surface area contributed by atoms with Crippen LogP contribution in [0.3, 0.4) is 0 Å². The van der Waals surface area contributed by atoms with E-state index in [9.17, 15) is 0 Å². The fraction of sp³-hybridized carbons (Fsp3) is 0. The van der Waals surface area contributed by atoms with Crippen LogP contribution in [-0.4, -0.2) is 4.98 Å². The van der Waals surface area contributed by atoms with E-state index in [1.807, 2.05) is 23.7 Å². The molecular weight excluding hydrogens is 158 g/mol. The van der Waals surface area contributed by atoms with Crippen LogP contribution >= 0.6 is 11.3 Å². The lowest BCUT2D eigenvalue weighted by Gasteiger charge is -1.98. The second-order valence-electron chi connectivity index (χ2n) is 2.15. The third-order valence-corrected chi connectivity index (χ3v) is 2.31. The highest BCUT2D eigenvalue weighted by atomic mass is 32.1. The standard InChI is InChI=1S/C7H7N3S/c8-10-5-2-1-3-6-7(5)9-4-11-6/h1-4,10H,8H2. The first-order valence-electron chi connectivity index (χ1n) is 3.20. The maximum Gasteiger partial charge on any atom is 0.106 e. The Balaban J connectivity index is 2.79. The summed E-state index contributed by atoms with van der Waals surface area (Å²) in [5, 5.41) is 0. The zero-order valence-electron chi connectivity index (χ0n) is 5.74. The van der Waals surface area contributed by atoms with Crippen LogP contribution in [0.2, 0.25) is 0 Å². The van der Waals surface area contributed by atoms with E-state index in [1.54, 1.807) is 11.3 Å².